The topological polar surface area (TPSA) is 41.3 Å². The number of hydrogen-bond acceptors (Lipinski definition) is 3. The number of aryl methyl sites for hydroxylation is 2. The third-order valence-corrected chi connectivity index (χ3v) is 4.85. The van der Waals surface area contributed by atoms with Crippen LogP contribution in [0.5, 0.6) is 0 Å². The van der Waals surface area contributed by atoms with Gasteiger partial charge in [0.2, 0.25) is 0 Å². The van der Waals surface area contributed by atoms with Crippen LogP contribution in [-0.4, -0.2) is 23.5 Å². The lowest BCUT2D eigenvalue weighted by Gasteiger charge is -2.45. The molecule has 3 heteroatoms. The van der Waals surface area contributed by atoms with E-state index in [1.165, 1.54) is 16.7 Å². The van der Waals surface area contributed by atoms with Gasteiger partial charge in [0.15, 0.2) is 0 Å². The molecule has 0 heterocycles. The molecule has 1 aromatic rings. The van der Waals surface area contributed by atoms with Gasteiger partial charge in [-0.05, 0) is 57.0 Å². The summed E-state index contributed by atoms with van der Waals surface area (Å²) in [6.45, 7) is 15.3. The molecule has 0 bridgehead atoms. The Morgan fingerprint density at radius 1 is 1.15 bits per heavy atom. The van der Waals surface area contributed by atoms with Crippen molar-refractivity contribution in [1.82, 2.24) is 10.3 Å². The van der Waals surface area contributed by atoms with Crippen LogP contribution in [-0.2, 0) is 0 Å². The number of likely N-dealkylation sites (N-methyl/N-ethyl adjacent to an activating group) is 1. The van der Waals surface area contributed by atoms with E-state index in [1.807, 2.05) is 0 Å². The molecule has 0 saturated carbocycles. The normalized spacial score (nSPS) is 16.2. The van der Waals surface area contributed by atoms with Crippen LogP contribution in [0.2, 0.25) is 0 Å². The van der Waals surface area contributed by atoms with E-state index in [1.54, 1.807) is 0 Å². The summed E-state index contributed by atoms with van der Waals surface area (Å²) in [6, 6.07) is 6.78. The van der Waals surface area contributed by atoms with Crippen LogP contribution in [0.1, 0.15) is 56.8 Å². The monoisotopic (exact) mass is 277 g/mol. The van der Waals surface area contributed by atoms with Gasteiger partial charge in [-0.2, -0.15) is 0 Å². The SMILES string of the molecule is CCN(CC)C(C)(CC)C(NN)c1ccc(C)c(C)c1. The minimum absolute atomic E-state index is 0.0138. The summed E-state index contributed by atoms with van der Waals surface area (Å²) in [5, 5.41) is 0. The van der Waals surface area contributed by atoms with Gasteiger partial charge in [0.25, 0.3) is 0 Å². The molecule has 0 aliphatic heterocycles. The number of nitrogens with two attached hydrogens (primary N) is 1. The largest absolute Gasteiger partial charge is 0.297 e. The van der Waals surface area contributed by atoms with Crippen LogP contribution in [0.3, 0.4) is 0 Å². The maximum Gasteiger partial charge on any atom is 0.0641 e. The lowest BCUT2D eigenvalue weighted by atomic mass is 9.82. The van der Waals surface area contributed by atoms with Crippen molar-refractivity contribution >= 4 is 0 Å². The van der Waals surface area contributed by atoms with Gasteiger partial charge >= 0.3 is 0 Å². The average molecular weight is 277 g/mol. The second-order valence-corrected chi connectivity index (χ2v) is 5.83. The summed E-state index contributed by atoms with van der Waals surface area (Å²) >= 11 is 0. The van der Waals surface area contributed by atoms with E-state index in [-0.39, 0.29) is 11.6 Å². The molecule has 0 aliphatic carbocycles. The zero-order chi connectivity index (χ0) is 15.3. The summed E-state index contributed by atoms with van der Waals surface area (Å²) < 4.78 is 0. The average Bonchev–Trinajstić information content (AvgIpc) is 2.44. The highest BCUT2D eigenvalue weighted by Crippen LogP contribution is 2.34. The van der Waals surface area contributed by atoms with Crippen molar-refractivity contribution in [1.29, 1.82) is 0 Å². The number of hydrazine groups is 1. The quantitative estimate of drug-likeness (QED) is 0.593. The lowest BCUT2D eigenvalue weighted by molar-refractivity contribution is 0.0698. The van der Waals surface area contributed by atoms with Crippen molar-refractivity contribution in [2.24, 2.45) is 5.84 Å². The Morgan fingerprint density at radius 3 is 2.15 bits per heavy atom. The molecule has 2 atom stereocenters. The van der Waals surface area contributed by atoms with E-state index in [0.717, 1.165) is 19.5 Å². The van der Waals surface area contributed by atoms with E-state index in [4.69, 9.17) is 5.84 Å². The molecule has 1 aromatic carbocycles. The molecular weight excluding hydrogens is 246 g/mol. The first kappa shape index (κ1) is 17.2. The molecule has 0 spiro atoms. The highest BCUT2D eigenvalue weighted by atomic mass is 15.3. The number of benzene rings is 1. The van der Waals surface area contributed by atoms with Gasteiger partial charge in [-0.1, -0.05) is 39.0 Å². The molecule has 20 heavy (non-hydrogen) atoms. The fourth-order valence-corrected chi connectivity index (χ4v) is 3.14. The first-order valence-electron chi connectivity index (χ1n) is 7.72. The molecule has 1 rings (SSSR count). The van der Waals surface area contributed by atoms with Crippen molar-refractivity contribution in [2.45, 2.75) is 59.5 Å². The van der Waals surface area contributed by atoms with Gasteiger partial charge in [-0.25, -0.2) is 0 Å². The molecule has 3 nitrogen and oxygen atoms in total. The van der Waals surface area contributed by atoms with Gasteiger partial charge < -0.3 is 0 Å². The van der Waals surface area contributed by atoms with Crippen LogP contribution in [0, 0.1) is 13.8 Å². The molecule has 0 fully saturated rings. The number of nitrogens with one attached hydrogen (secondary N) is 1. The van der Waals surface area contributed by atoms with E-state index < -0.39 is 0 Å². The van der Waals surface area contributed by atoms with Crippen LogP contribution < -0.4 is 11.3 Å². The van der Waals surface area contributed by atoms with Crippen molar-refractivity contribution < 1.29 is 0 Å². The molecule has 114 valence electrons. The second-order valence-electron chi connectivity index (χ2n) is 5.83. The fraction of sp³-hybridized carbons (Fsp3) is 0.647. The van der Waals surface area contributed by atoms with E-state index in [0.29, 0.717) is 0 Å². The molecular formula is C17H31N3. The fourth-order valence-electron chi connectivity index (χ4n) is 3.14. The maximum absolute atomic E-state index is 5.93. The van der Waals surface area contributed by atoms with Gasteiger partial charge in [0.05, 0.1) is 6.04 Å². The third-order valence-electron chi connectivity index (χ3n) is 4.85. The first-order valence-corrected chi connectivity index (χ1v) is 7.72. The van der Waals surface area contributed by atoms with Crippen LogP contribution in [0.15, 0.2) is 18.2 Å². The summed E-state index contributed by atoms with van der Waals surface area (Å²) in [6.07, 6.45) is 1.05. The number of nitrogens with zero attached hydrogens (tertiary/aromatic N) is 1. The van der Waals surface area contributed by atoms with Crippen molar-refractivity contribution in [2.75, 3.05) is 13.1 Å². The van der Waals surface area contributed by atoms with Crippen LogP contribution in [0.4, 0.5) is 0 Å². The molecule has 0 radical (unpaired) electrons. The molecule has 0 aromatic heterocycles. The molecule has 2 unspecified atom stereocenters. The Balaban J connectivity index is 3.23. The van der Waals surface area contributed by atoms with Crippen molar-refractivity contribution in [3.63, 3.8) is 0 Å². The minimum Gasteiger partial charge on any atom is -0.297 e. The van der Waals surface area contributed by atoms with E-state index >= 15 is 0 Å². The smallest absolute Gasteiger partial charge is 0.0641 e. The Morgan fingerprint density at radius 2 is 1.75 bits per heavy atom. The predicted octanol–water partition coefficient (Wildman–Crippen LogP) is 3.32. The summed E-state index contributed by atoms with van der Waals surface area (Å²) in [7, 11) is 0. The second kappa shape index (κ2) is 7.21. The number of rotatable bonds is 7. The molecule has 0 aliphatic rings. The zero-order valence-corrected chi connectivity index (χ0v) is 14.0. The molecule has 3 N–H and O–H groups in total. The molecule has 0 saturated heterocycles. The van der Waals surface area contributed by atoms with Gasteiger partial charge in [-0.15, -0.1) is 0 Å². The van der Waals surface area contributed by atoms with E-state index in [2.05, 4.69) is 70.1 Å². The Labute approximate surface area is 124 Å². The van der Waals surface area contributed by atoms with Crippen molar-refractivity contribution in [3.8, 4) is 0 Å². The molecule has 0 amide bonds. The van der Waals surface area contributed by atoms with Gasteiger partial charge in [0, 0.05) is 5.54 Å². The summed E-state index contributed by atoms with van der Waals surface area (Å²) in [5.74, 6) is 5.93. The predicted molar refractivity (Wildman–Crippen MR) is 87.6 cm³/mol. The Hall–Kier alpha value is -0.900. The van der Waals surface area contributed by atoms with Crippen LogP contribution in [0.25, 0.3) is 0 Å². The summed E-state index contributed by atoms with van der Waals surface area (Å²) in [4.78, 5) is 2.49. The maximum atomic E-state index is 5.93. The number of hydrogen-bond donors (Lipinski definition) is 2. The lowest BCUT2D eigenvalue weighted by Crippen LogP contribution is -2.55. The Kier molecular flexibility index (Phi) is 6.18. The zero-order valence-electron chi connectivity index (χ0n) is 14.0. The third kappa shape index (κ3) is 3.22. The highest BCUT2D eigenvalue weighted by Gasteiger charge is 2.37. The first-order chi connectivity index (χ1) is 9.44. The van der Waals surface area contributed by atoms with Crippen LogP contribution >= 0.6 is 0 Å². The highest BCUT2D eigenvalue weighted by molar-refractivity contribution is 5.33. The van der Waals surface area contributed by atoms with E-state index in [9.17, 15) is 0 Å². The summed E-state index contributed by atoms with van der Waals surface area (Å²) in [5.41, 5.74) is 6.99. The van der Waals surface area contributed by atoms with Gasteiger partial charge in [0.1, 0.15) is 0 Å². The Bertz CT molecular complexity index is 426. The van der Waals surface area contributed by atoms with Crippen molar-refractivity contribution in [3.05, 3.63) is 34.9 Å². The standard InChI is InChI=1S/C17H31N3/c1-7-17(6,20(8-2)9-3)16(19-18)15-11-10-13(4)14(5)12-15/h10-12,16,19H,7-9,18H2,1-6H3. The van der Waals surface area contributed by atoms with Gasteiger partial charge in [-0.3, -0.25) is 16.2 Å². The minimum atomic E-state index is 0.0138.